The molecule has 0 aliphatic heterocycles. The summed E-state index contributed by atoms with van der Waals surface area (Å²) in [4.78, 5) is 27.3. The Morgan fingerprint density at radius 1 is 1.06 bits per heavy atom. The van der Waals surface area contributed by atoms with Gasteiger partial charge in [-0.3, -0.25) is 9.59 Å². The van der Waals surface area contributed by atoms with E-state index >= 15 is 0 Å². The molecule has 168 valence electrons. The van der Waals surface area contributed by atoms with Crippen molar-refractivity contribution >= 4 is 23.4 Å². The lowest BCUT2D eigenvalue weighted by Crippen LogP contribution is -2.50. The summed E-state index contributed by atoms with van der Waals surface area (Å²) in [7, 11) is 1.59. The van der Waals surface area contributed by atoms with Gasteiger partial charge < -0.3 is 19.7 Å². The van der Waals surface area contributed by atoms with Gasteiger partial charge in [0.2, 0.25) is 5.91 Å². The molecule has 2 aromatic rings. The number of nitrogens with one attached hydrogen (secondary N) is 1. The second kappa shape index (κ2) is 11.0. The Labute approximate surface area is 189 Å². The van der Waals surface area contributed by atoms with Crippen LogP contribution in [0.1, 0.15) is 37.5 Å². The van der Waals surface area contributed by atoms with Gasteiger partial charge in [-0.15, -0.1) is 0 Å². The molecule has 0 heterocycles. The van der Waals surface area contributed by atoms with Crippen LogP contribution < -0.4 is 14.8 Å². The van der Waals surface area contributed by atoms with Crippen LogP contribution in [0.25, 0.3) is 0 Å². The summed E-state index contributed by atoms with van der Waals surface area (Å²) in [6.45, 7) is 9.32. The van der Waals surface area contributed by atoms with Crippen LogP contribution in [0.3, 0.4) is 0 Å². The second-order valence-electron chi connectivity index (χ2n) is 7.87. The second-order valence-corrected chi connectivity index (χ2v) is 8.25. The lowest BCUT2D eigenvalue weighted by molar-refractivity contribution is -0.142. The van der Waals surface area contributed by atoms with Crippen molar-refractivity contribution in [2.24, 2.45) is 0 Å². The fourth-order valence-corrected chi connectivity index (χ4v) is 3.28. The summed E-state index contributed by atoms with van der Waals surface area (Å²) in [5, 5.41) is 3.55. The normalized spacial score (nSPS) is 11.7. The van der Waals surface area contributed by atoms with Gasteiger partial charge in [-0.25, -0.2) is 0 Å². The molecule has 0 fully saturated rings. The summed E-state index contributed by atoms with van der Waals surface area (Å²) < 4.78 is 11.0. The molecule has 7 heteroatoms. The van der Waals surface area contributed by atoms with Gasteiger partial charge >= 0.3 is 0 Å². The lowest BCUT2D eigenvalue weighted by Gasteiger charge is -2.29. The highest BCUT2D eigenvalue weighted by molar-refractivity contribution is 6.32. The van der Waals surface area contributed by atoms with Gasteiger partial charge in [-0.05, 0) is 75.6 Å². The van der Waals surface area contributed by atoms with E-state index in [1.54, 1.807) is 26.2 Å². The number of carbonyl (C=O) groups excluding carboxylic acids is 2. The van der Waals surface area contributed by atoms with Crippen LogP contribution in [-0.2, 0) is 16.1 Å². The van der Waals surface area contributed by atoms with Crippen LogP contribution in [0, 0.1) is 13.8 Å². The zero-order chi connectivity index (χ0) is 23.1. The molecule has 1 N–H and O–H groups in total. The van der Waals surface area contributed by atoms with Crippen molar-refractivity contribution < 1.29 is 19.1 Å². The number of methoxy groups -OCH3 is 1. The summed E-state index contributed by atoms with van der Waals surface area (Å²) in [5.74, 6) is 0.741. The zero-order valence-electron chi connectivity index (χ0n) is 19.0. The van der Waals surface area contributed by atoms with Crippen LogP contribution >= 0.6 is 11.6 Å². The third-order valence-corrected chi connectivity index (χ3v) is 5.45. The average Bonchev–Trinajstić information content (AvgIpc) is 2.73. The molecule has 0 radical (unpaired) electrons. The maximum atomic E-state index is 13.1. The van der Waals surface area contributed by atoms with Gasteiger partial charge in [0.1, 0.15) is 17.5 Å². The van der Waals surface area contributed by atoms with E-state index in [1.807, 2.05) is 52.0 Å². The monoisotopic (exact) mass is 446 g/mol. The molecule has 0 spiro atoms. The molecular formula is C24H31ClN2O4. The van der Waals surface area contributed by atoms with Crippen LogP contribution in [-0.4, -0.2) is 42.5 Å². The lowest BCUT2D eigenvalue weighted by atomic mass is 10.1. The number of halogens is 1. The summed E-state index contributed by atoms with van der Waals surface area (Å²) in [6, 6.07) is 10.3. The maximum absolute atomic E-state index is 13.1. The summed E-state index contributed by atoms with van der Waals surface area (Å²) in [6.07, 6.45) is 0. The van der Waals surface area contributed by atoms with E-state index in [0.717, 1.165) is 16.7 Å². The van der Waals surface area contributed by atoms with Gasteiger partial charge in [0.05, 0.1) is 7.11 Å². The maximum Gasteiger partial charge on any atom is 0.261 e. The number of hydrogen-bond acceptors (Lipinski definition) is 4. The highest BCUT2D eigenvalue weighted by Gasteiger charge is 2.27. The van der Waals surface area contributed by atoms with E-state index in [9.17, 15) is 9.59 Å². The topological polar surface area (TPSA) is 67.9 Å². The third kappa shape index (κ3) is 6.89. The van der Waals surface area contributed by atoms with Crippen LogP contribution in [0.5, 0.6) is 11.5 Å². The Kier molecular flexibility index (Phi) is 8.75. The largest absolute Gasteiger partial charge is 0.497 e. The Bertz CT molecular complexity index is 907. The van der Waals surface area contributed by atoms with E-state index in [0.29, 0.717) is 16.5 Å². The molecular weight excluding hydrogens is 416 g/mol. The quantitative estimate of drug-likeness (QED) is 0.624. The predicted molar refractivity (Wildman–Crippen MR) is 123 cm³/mol. The van der Waals surface area contributed by atoms with Gasteiger partial charge in [-0.1, -0.05) is 23.7 Å². The van der Waals surface area contributed by atoms with E-state index < -0.39 is 6.04 Å². The highest BCUT2D eigenvalue weighted by Crippen LogP contribution is 2.26. The molecule has 2 aromatic carbocycles. The van der Waals surface area contributed by atoms with E-state index in [2.05, 4.69) is 5.32 Å². The van der Waals surface area contributed by atoms with Gasteiger partial charge in [0.25, 0.3) is 5.91 Å². The average molecular weight is 447 g/mol. The molecule has 0 saturated heterocycles. The molecule has 0 aliphatic rings. The highest BCUT2D eigenvalue weighted by atomic mass is 35.5. The number of aryl methyl sites for hydroxylation is 2. The summed E-state index contributed by atoms with van der Waals surface area (Å²) in [5.41, 5.74) is 2.61. The number of ether oxygens (including phenoxy) is 2. The molecule has 2 rings (SSSR count). The Balaban J connectivity index is 2.21. The number of nitrogens with zero attached hydrogens (tertiary/aromatic N) is 1. The SMILES string of the molecule is COc1cccc(CN(C(=O)COc2cc(C)c(Cl)c(C)c2)C(C)C(=O)NC(C)C)c1. The van der Waals surface area contributed by atoms with Crippen molar-refractivity contribution in [3.63, 3.8) is 0 Å². The van der Waals surface area contributed by atoms with Gasteiger partial charge in [0, 0.05) is 17.6 Å². The Morgan fingerprint density at radius 2 is 1.71 bits per heavy atom. The molecule has 1 unspecified atom stereocenters. The van der Waals surface area contributed by atoms with E-state index in [1.165, 1.54) is 4.90 Å². The zero-order valence-corrected chi connectivity index (χ0v) is 19.7. The van der Waals surface area contributed by atoms with Gasteiger partial charge in [-0.2, -0.15) is 0 Å². The number of benzene rings is 2. The minimum absolute atomic E-state index is 0.0278. The van der Waals surface area contributed by atoms with Crippen LogP contribution in [0.2, 0.25) is 5.02 Å². The van der Waals surface area contributed by atoms with Crippen molar-refractivity contribution in [3.05, 3.63) is 58.1 Å². The minimum atomic E-state index is -0.668. The first-order valence-electron chi connectivity index (χ1n) is 10.2. The van der Waals surface area contributed by atoms with E-state index in [4.69, 9.17) is 21.1 Å². The standard InChI is InChI=1S/C24H31ClN2O4/c1-15(2)26-24(29)18(5)27(13-19-8-7-9-20(12-19)30-6)22(28)14-31-21-10-16(3)23(25)17(4)11-21/h7-12,15,18H,13-14H2,1-6H3,(H,26,29). The van der Waals surface area contributed by atoms with Crippen molar-refractivity contribution in [2.45, 2.75) is 53.2 Å². The number of hydrogen-bond donors (Lipinski definition) is 1. The predicted octanol–water partition coefficient (Wildman–Crippen LogP) is 4.29. The van der Waals surface area contributed by atoms with E-state index in [-0.39, 0.29) is 31.0 Å². The van der Waals surface area contributed by atoms with Crippen molar-refractivity contribution in [2.75, 3.05) is 13.7 Å². The first-order valence-corrected chi connectivity index (χ1v) is 10.6. The van der Waals surface area contributed by atoms with Crippen molar-refractivity contribution in [1.29, 1.82) is 0 Å². The minimum Gasteiger partial charge on any atom is -0.497 e. The number of rotatable bonds is 9. The molecule has 0 aromatic heterocycles. The number of carbonyl (C=O) groups is 2. The molecule has 0 bridgehead atoms. The number of amides is 2. The summed E-state index contributed by atoms with van der Waals surface area (Å²) >= 11 is 6.21. The fraction of sp³-hybridized carbons (Fsp3) is 0.417. The fourth-order valence-electron chi connectivity index (χ4n) is 3.17. The molecule has 31 heavy (non-hydrogen) atoms. The first-order chi connectivity index (χ1) is 14.6. The van der Waals surface area contributed by atoms with Crippen molar-refractivity contribution in [1.82, 2.24) is 10.2 Å². The van der Waals surface area contributed by atoms with Crippen molar-refractivity contribution in [3.8, 4) is 11.5 Å². The molecule has 1 atom stereocenters. The first kappa shape index (κ1) is 24.5. The Hall–Kier alpha value is -2.73. The van der Waals surface area contributed by atoms with Crippen LogP contribution in [0.15, 0.2) is 36.4 Å². The third-order valence-electron chi connectivity index (χ3n) is 4.86. The van der Waals surface area contributed by atoms with Crippen LogP contribution in [0.4, 0.5) is 0 Å². The smallest absolute Gasteiger partial charge is 0.261 e. The molecule has 0 saturated carbocycles. The molecule has 0 aliphatic carbocycles. The molecule has 6 nitrogen and oxygen atoms in total. The van der Waals surface area contributed by atoms with Gasteiger partial charge in [0.15, 0.2) is 6.61 Å². The Morgan fingerprint density at radius 3 is 2.29 bits per heavy atom. The molecule has 2 amide bonds.